The van der Waals surface area contributed by atoms with E-state index >= 15 is 0 Å². The van der Waals surface area contributed by atoms with Gasteiger partial charge in [0.2, 0.25) is 5.91 Å². The highest BCUT2D eigenvalue weighted by Gasteiger charge is 2.11. The number of hydrogen-bond donors (Lipinski definition) is 1. The molecule has 2 rings (SSSR count). The van der Waals surface area contributed by atoms with Gasteiger partial charge in [0.15, 0.2) is 5.16 Å². The van der Waals surface area contributed by atoms with Gasteiger partial charge >= 0.3 is 0 Å². The first-order chi connectivity index (χ1) is 10.5. The summed E-state index contributed by atoms with van der Waals surface area (Å²) >= 11 is 3.20. The van der Waals surface area contributed by atoms with Crippen molar-refractivity contribution in [2.24, 2.45) is 0 Å². The topological polar surface area (TPSA) is 72.7 Å². The SMILES string of the molecule is CCn1c(C)nnc1SCCNC(=O)Cc1sc(C)nc1C. The van der Waals surface area contributed by atoms with Crippen LogP contribution in [0.3, 0.4) is 0 Å². The van der Waals surface area contributed by atoms with Crippen molar-refractivity contribution in [3.63, 3.8) is 0 Å². The Morgan fingerprint density at radius 3 is 2.73 bits per heavy atom. The number of hydrogen-bond acceptors (Lipinski definition) is 6. The van der Waals surface area contributed by atoms with Gasteiger partial charge in [0.25, 0.3) is 0 Å². The highest BCUT2D eigenvalue weighted by Crippen LogP contribution is 2.18. The van der Waals surface area contributed by atoms with E-state index in [4.69, 9.17) is 0 Å². The van der Waals surface area contributed by atoms with Gasteiger partial charge in [-0.05, 0) is 27.7 Å². The van der Waals surface area contributed by atoms with Crippen LogP contribution in [0.2, 0.25) is 0 Å². The molecule has 8 heteroatoms. The molecule has 120 valence electrons. The lowest BCUT2D eigenvalue weighted by Crippen LogP contribution is -2.27. The predicted octanol–water partition coefficient (Wildman–Crippen LogP) is 2.13. The number of carbonyl (C=O) groups is 1. The average molecular weight is 339 g/mol. The fourth-order valence-electron chi connectivity index (χ4n) is 2.11. The van der Waals surface area contributed by atoms with E-state index in [-0.39, 0.29) is 5.91 Å². The third-order valence-electron chi connectivity index (χ3n) is 3.19. The molecule has 1 amide bonds. The van der Waals surface area contributed by atoms with Crippen LogP contribution >= 0.6 is 23.1 Å². The van der Waals surface area contributed by atoms with Crippen LogP contribution in [0, 0.1) is 20.8 Å². The molecule has 2 aromatic heterocycles. The van der Waals surface area contributed by atoms with Gasteiger partial charge in [0.1, 0.15) is 5.82 Å². The van der Waals surface area contributed by atoms with E-state index in [2.05, 4.69) is 32.0 Å². The van der Waals surface area contributed by atoms with Crippen LogP contribution in [-0.4, -0.2) is 38.0 Å². The van der Waals surface area contributed by atoms with Crippen molar-refractivity contribution in [3.05, 3.63) is 21.4 Å². The Morgan fingerprint density at radius 2 is 2.09 bits per heavy atom. The number of thiazole rings is 1. The first-order valence-electron chi connectivity index (χ1n) is 7.23. The highest BCUT2D eigenvalue weighted by atomic mass is 32.2. The Hall–Kier alpha value is -1.41. The lowest BCUT2D eigenvalue weighted by atomic mass is 10.3. The standard InChI is InChI=1S/C14H21N5OS2/c1-5-19-10(3)17-18-14(19)21-7-6-15-13(20)8-12-9(2)16-11(4)22-12/h5-8H2,1-4H3,(H,15,20). The molecule has 0 aromatic carbocycles. The Bertz CT molecular complexity index is 650. The van der Waals surface area contributed by atoms with E-state index in [0.29, 0.717) is 13.0 Å². The summed E-state index contributed by atoms with van der Waals surface area (Å²) in [5, 5.41) is 13.1. The van der Waals surface area contributed by atoms with Crippen LogP contribution in [-0.2, 0) is 17.8 Å². The Balaban J connectivity index is 1.74. The molecule has 2 heterocycles. The fourth-order valence-corrected chi connectivity index (χ4v) is 3.95. The molecule has 0 saturated heterocycles. The summed E-state index contributed by atoms with van der Waals surface area (Å²) in [6.07, 6.45) is 0.409. The van der Waals surface area contributed by atoms with Crippen molar-refractivity contribution in [1.82, 2.24) is 25.1 Å². The normalized spacial score (nSPS) is 10.9. The molecule has 0 radical (unpaired) electrons. The van der Waals surface area contributed by atoms with Crippen LogP contribution in [0.4, 0.5) is 0 Å². The smallest absolute Gasteiger partial charge is 0.225 e. The van der Waals surface area contributed by atoms with Gasteiger partial charge in [-0.15, -0.1) is 21.5 Å². The first-order valence-corrected chi connectivity index (χ1v) is 9.03. The maximum Gasteiger partial charge on any atom is 0.225 e. The minimum Gasteiger partial charge on any atom is -0.355 e. The van der Waals surface area contributed by atoms with Crippen LogP contribution in [0.1, 0.15) is 28.3 Å². The lowest BCUT2D eigenvalue weighted by molar-refractivity contribution is -0.120. The Labute approximate surface area is 138 Å². The predicted molar refractivity (Wildman–Crippen MR) is 89.5 cm³/mol. The van der Waals surface area contributed by atoms with Crippen molar-refractivity contribution in [2.75, 3.05) is 12.3 Å². The van der Waals surface area contributed by atoms with E-state index in [1.54, 1.807) is 23.1 Å². The van der Waals surface area contributed by atoms with Crippen molar-refractivity contribution < 1.29 is 4.79 Å². The molecule has 0 spiro atoms. The molecular formula is C14H21N5OS2. The van der Waals surface area contributed by atoms with Gasteiger partial charge in [-0.3, -0.25) is 4.79 Å². The number of nitrogens with zero attached hydrogens (tertiary/aromatic N) is 4. The Morgan fingerprint density at radius 1 is 1.32 bits per heavy atom. The van der Waals surface area contributed by atoms with E-state index in [1.165, 1.54) is 0 Å². The van der Waals surface area contributed by atoms with Crippen LogP contribution in [0.5, 0.6) is 0 Å². The zero-order chi connectivity index (χ0) is 16.1. The number of thioether (sulfide) groups is 1. The van der Waals surface area contributed by atoms with Crippen molar-refractivity contribution in [2.45, 2.75) is 45.8 Å². The summed E-state index contributed by atoms with van der Waals surface area (Å²) in [5.74, 6) is 1.75. The Kier molecular flexibility index (Phi) is 5.96. The first kappa shape index (κ1) is 17.0. The van der Waals surface area contributed by atoms with Crippen molar-refractivity contribution in [1.29, 1.82) is 0 Å². The molecule has 0 aliphatic heterocycles. The summed E-state index contributed by atoms with van der Waals surface area (Å²) in [4.78, 5) is 17.3. The summed E-state index contributed by atoms with van der Waals surface area (Å²) in [6.45, 7) is 9.40. The number of aryl methyl sites for hydroxylation is 3. The van der Waals surface area contributed by atoms with Gasteiger partial charge in [-0.2, -0.15) is 0 Å². The molecule has 0 atom stereocenters. The molecule has 0 unspecified atom stereocenters. The van der Waals surface area contributed by atoms with Gasteiger partial charge < -0.3 is 9.88 Å². The second kappa shape index (κ2) is 7.73. The lowest BCUT2D eigenvalue weighted by Gasteiger charge is -2.06. The second-order valence-electron chi connectivity index (χ2n) is 4.89. The third-order valence-corrected chi connectivity index (χ3v) is 5.24. The molecule has 0 bridgehead atoms. The summed E-state index contributed by atoms with van der Waals surface area (Å²) in [6, 6.07) is 0. The monoisotopic (exact) mass is 339 g/mol. The minimum absolute atomic E-state index is 0.0421. The largest absolute Gasteiger partial charge is 0.355 e. The van der Waals surface area contributed by atoms with Gasteiger partial charge in [0, 0.05) is 23.7 Å². The summed E-state index contributed by atoms with van der Waals surface area (Å²) in [5.41, 5.74) is 0.957. The highest BCUT2D eigenvalue weighted by molar-refractivity contribution is 7.99. The number of carbonyl (C=O) groups excluding carboxylic acids is 1. The molecular weight excluding hydrogens is 318 g/mol. The molecule has 22 heavy (non-hydrogen) atoms. The van der Waals surface area contributed by atoms with Crippen molar-refractivity contribution >= 4 is 29.0 Å². The molecule has 0 aliphatic carbocycles. The summed E-state index contributed by atoms with van der Waals surface area (Å²) < 4.78 is 2.07. The number of aromatic nitrogens is 4. The average Bonchev–Trinajstić information content (AvgIpc) is 2.97. The number of rotatable bonds is 7. The molecule has 1 N–H and O–H groups in total. The summed E-state index contributed by atoms with van der Waals surface area (Å²) in [7, 11) is 0. The van der Waals surface area contributed by atoms with E-state index in [9.17, 15) is 4.79 Å². The van der Waals surface area contributed by atoms with Crippen LogP contribution in [0.25, 0.3) is 0 Å². The molecule has 0 fully saturated rings. The van der Waals surface area contributed by atoms with E-state index in [1.807, 2.05) is 20.8 Å². The van der Waals surface area contributed by atoms with E-state index < -0.39 is 0 Å². The zero-order valence-electron chi connectivity index (χ0n) is 13.3. The van der Waals surface area contributed by atoms with Gasteiger partial charge in [-0.25, -0.2) is 4.98 Å². The van der Waals surface area contributed by atoms with E-state index in [0.717, 1.165) is 38.9 Å². The number of nitrogens with one attached hydrogen (secondary N) is 1. The maximum atomic E-state index is 11.9. The second-order valence-corrected chi connectivity index (χ2v) is 7.24. The van der Waals surface area contributed by atoms with Crippen molar-refractivity contribution in [3.8, 4) is 0 Å². The number of amides is 1. The third kappa shape index (κ3) is 4.30. The van der Waals surface area contributed by atoms with Gasteiger partial charge in [0.05, 0.1) is 17.1 Å². The quantitative estimate of drug-likeness (QED) is 0.618. The van der Waals surface area contributed by atoms with Crippen LogP contribution < -0.4 is 5.32 Å². The molecule has 6 nitrogen and oxygen atoms in total. The van der Waals surface area contributed by atoms with Gasteiger partial charge in [-0.1, -0.05) is 11.8 Å². The molecule has 0 aliphatic rings. The fraction of sp³-hybridized carbons (Fsp3) is 0.571. The minimum atomic E-state index is 0.0421. The maximum absolute atomic E-state index is 11.9. The molecule has 2 aromatic rings. The van der Waals surface area contributed by atoms with Crippen LogP contribution in [0.15, 0.2) is 5.16 Å². The molecule has 0 saturated carbocycles. The zero-order valence-corrected chi connectivity index (χ0v) is 15.0.